The van der Waals surface area contributed by atoms with Gasteiger partial charge in [-0.3, -0.25) is 39.0 Å². The summed E-state index contributed by atoms with van der Waals surface area (Å²) in [5.74, 6) is 1.35. The van der Waals surface area contributed by atoms with Gasteiger partial charge in [-0.15, -0.1) is 5.10 Å². The number of nitrogens with zero attached hydrogens (tertiary/aromatic N) is 8. The van der Waals surface area contributed by atoms with Gasteiger partial charge in [-0.05, 0) is 53.1 Å². The molecule has 0 aliphatic carbocycles. The molecule has 0 spiro atoms. The van der Waals surface area contributed by atoms with E-state index in [1.165, 1.54) is 46.2 Å². The van der Waals surface area contributed by atoms with Crippen LogP contribution in [-0.4, -0.2) is 109 Å². The number of carbonyl (C=O) groups excluding carboxylic acids is 2. The first kappa shape index (κ1) is 71.6. The first-order valence-electron chi connectivity index (χ1n) is 25.5. The van der Waals surface area contributed by atoms with Gasteiger partial charge in [-0.2, -0.15) is 25.3 Å². The molecular weight excluding hydrogens is 1090 g/mol. The summed E-state index contributed by atoms with van der Waals surface area (Å²) < 4.78 is 13.8. The summed E-state index contributed by atoms with van der Waals surface area (Å²) >= 11 is 2.48. The Morgan fingerprint density at radius 2 is 1.17 bits per heavy atom. The molecule has 0 atom stereocenters. The number of rotatable bonds is 0. The van der Waals surface area contributed by atoms with Gasteiger partial charge < -0.3 is 29.0 Å². The number of urea groups is 1. The number of imidazole rings is 1. The van der Waals surface area contributed by atoms with Crippen molar-refractivity contribution in [3.05, 3.63) is 110 Å². The highest BCUT2D eigenvalue weighted by molar-refractivity contribution is 7.09. The average molecular weight is 1180 g/mol. The van der Waals surface area contributed by atoms with E-state index in [9.17, 15) is 38.7 Å². The summed E-state index contributed by atoms with van der Waals surface area (Å²) in [5.41, 5.74) is -0.700. The highest BCUT2D eigenvalue weighted by Crippen LogP contribution is 2.27. The van der Waals surface area contributed by atoms with Crippen LogP contribution in [0.2, 0.25) is 0 Å². The van der Waals surface area contributed by atoms with Crippen LogP contribution in [0, 0.1) is 0 Å². The molecule has 8 rings (SSSR count). The molecule has 29 heteroatoms. The van der Waals surface area contributed by atoms with Crippen molar-refractivity contribution in [1.29, 1.82) is 0 Å². The van der Waals surface area contributed by atoms with Crippen molar-refractivity contribution in [3.8, 4) is 11.6 Å². The normalized spacial score (nSPS) is 12.9. The van der Waals surface area contributed by atoms with Crippen LogP contribution in [0.4, 0.5) is 4.79 Å². The molecule has 7 aromatic rings. The first-order chi connectivity index (χ1) is 36.4. The number of imide groups is 1. The molecule has 1 saturated heterocycles. The van der Waals surface area contributed by atoms with Crippen molar-refractivity contribution < 1.29 is 28.7 Å². The number of aromatic amines is 7. The Kier molecular flexibility index (Phi) is 25.0. The maximum atomic E-state index is 11.0. The minimum Gasteiger partial charge on any atom is -0.504 e. The third kappa shape index (κ3) is 26.6. The van der Waals surface area contributed by atoms with Crippen LogP contribution in [0.1, 0.15) is 199 Å². The molecule has 0 saturated carbocycles. The number of nitrogens with one attached hydrogen (secondary N) is 8. The summed E-state index contributed by atoms with van der Waals surface area (Å²) in [6.45, 7) is 47.8. The third-order valence-corrected chi connectivity index (χ3v) is 12.2. The van der Waals surface area contributed by atoms with E-state index >= 15 is 0 Å². The predicted octanol–water partition coefficient (Wildman–Crippen LogP) is 7.67. The van der Waals surface area contributed by atoms with Crippen molar-refractivity contribution >= 4 is 34.8 Å². The molecule has 454 valence electrons. The molecule has 27 nitrogen and oxygen atoms in total. The fourth-order valence-electron chi connectivity index (χ4n) is 5.44. The highest BCUT2D eigenvalue weighted by atomic mass is 32.1. The Morgan fingerprint density at radius 3 is 1.37 bits per heavy atom. The lowest BCUT2D eigenvalue weighted by Crippen LogP contribution is -2.43. The molecule has 0 aromatic carbocycles. The van der Waals surface area contributed by atoms with E-state index in [-0.39, 0.29) is 89.8 Å². The lowest BCUT2D eigenvalue weighted by molar-refractivity contribution is -0.118. The van der Waals surface area contributed by atoms with E-state index in [0.29, 0.717) is 11.8 Å². The van der Waals surface area contributed by atoms with Crippen LogP contribution in [0.25, 0.3) is 0 Å². The summed E-state index contributed by atoms with van der Waals surface area (Å²) in [5, 5.41) is 45.4. The van der Waals surface area contributed by atoms with E-state index in [1.807, 2.05) is 166 Å². The molecule has 10 N–H and O–H groups in total. The van der Waals surface area contributed by atoms with Gasteiger partial charge in [0.25, 0.3) is 5.56 Å². The predicted molar refractivity (Wildman–Crippen MR) is 312 cm³/mol. The number of carbonyl (C=O) groups is 2. The Labute approximate surface area is 479 Å². The largest absolute Gasteiger partial charge is 0.504 e. The van der Waals surface area contributed by atoms with Gasteiger partial charge in [0, 0.05) is 50.3 Å². The highest BCUT2D eigenvalue weighted by Gasteiger charge is 2.34. The zero-order chi connectivity index (χ0) is 63.1. The first-order valence-corrected chi connectivity index (χ1v) is 27.2. The minimum absolute atomic E-state index is 0.0101. The van der Waals surface area contributed by atoms with Gasteiger partial charge in [0.05, 0.1) is 23.6 Å². The molecule has 0 bridgehead atoms. The zero-order valence-electron chi connectivity index (χ0n) is 51.5. The maximum Gasteiger partial charge on any atom is 0.434 e. The second-order valence-corrected chi connectivity index (χ2v) is 28.1. The number of hydrogen-bond donors (Lipinski definition) is 10. The van der Waals surface area contributed by atoms with Gasteiger partial charge in [0.15, 0.2) is 5.75 Å². The quantitative estimate of drug-likeness (QED) is 0.0651. The Bertz CT molecular complexity index is 2960. The fraction of sp³-hybridized carbons (Fsp3) is 0.635. The monoisotopic (exact) mass is 1180 g/mol. The molecule has 3 amide bonds. The van der Waals surface area contributed by atoms with Gasteiger partial charge in [-0.1, -0.05) is 136 Å². The van der Waals surface area contributed by atoms with Gasteiger partial charge in [0.2, 0.25) is 23.6 Å². The number of aromatic hydroxyl groups is 2. The summed E-state index contributed by atoms with van der Waals surface area (Å²) in [7, 11) is 0. The van der Waals surface area contributed by atoms with Crippen LogP contribution in [0.5, 0.6) is 11.6 Å². The van der Waals surface area contributed by atoms with E-state index < -0.39 is 11.4 Å². The topological polar surface area (TPSA) is 394 Å². The van der Waals surface area contributed by atoms with Crippen molar-refractivity contribution in [2.75, 3.05) is 6.54 Å². The van der Waals surface area contributed by atoms with Crippen molar-refractivity contribution in [2.45, 2.75) is 210 Å². The minimum atomic E-state index is -0.495. The molecule has 7 aromatic heterocycles. The van der Waals surface area contributed by atoms with Crippen LogP contribution < -0.4 is 32.9 Å². The van der Waals surface area contributed by atoms with Gasteiger partial charge in [-0.25, -0.2) is 34.4 Å². The second kappa shape index (κ2) is 28.3. The number of hydrogen-bond acceptors (Lipinski definition) is 19. The van der Waals surface area contributed by atoms with Crippen LogP contribution >= 0.6 is 22.9 Å². The number of amides is 3. The Hall–Kier alpha value is -7.43. The standard InChI is InChI=1S/C7H12N2O2.3C7H12N2O.2C6H10N2O2.2C6H10N2OS/c1-7(2,3)9-4-5(10)8-6(9)11;1-7(2,3)6-8-4-5(10)9-6;1-7(2,3)6-5(10)4-8-9-6;1-7(2,3)9-5-4-6(10)8-9;1-6(2,3)4-7-8-5(9)10-4;1-6(2,3)4-7-5(9)8-10-4;1-6(2,3)4-7-8-5(9)10-4;1-6(2,3)4-7-5(9)8-10-4/h4H2,1-3H3,(H,8,10,11);2*4,10H,1-3H3,(H,8,9);4-5H,1-3H3,(H,8,10);4*1-3H3,(H,8,9). The molecule has 1 aliphatic heterocycles. The van der Waals surface area contributed by atoms with Gasteiger partial charge in [0.1, 0.15) is 22.4 Å². The van der Waals surface area contributed by atoms with E-state index in [0.717, 1.165) is 21.5 Å². The van der Waals surface area contributed by atoms with Crippen LogP contribution in [0.3, 0.4) is 0 Å². The molecule has 81 heavy (non-hydrogen) atoms. The van der Waals surface area contributed by atoms with E-state index in [1.54, 1.807) is 10.9 Å². The van der Waals surface area contributed by atoms with Crippen molar-refractivity contribution in [1.82, 2.24) is 80.1 Å². The van der Waals surface area contributed by atoms with E-state index in [2.05, 4.69) is 70.5 Å². The lowest BCUT2D eigenvalue weighted by atomic mass is 9.92. The third-order valence-electron chi connectivity index (χ3n) is 9.89. The Balaban J connectivity index is 0.000000463. The Morgan fingerprint density at radius 1 is 0.605 bits per heavy atom. The number of H-pyrrole nitrogens is 7. The molecular formula is C52H88N16O11S2. The molecule has 0 radical (unpaired) electrons. The maximum absolute atomic E-state index is 11.0. The summed E-state index contributed by atoms with van der Waals surface area (Å²) in [6.07, 6.45) is 4.59. The van der Waals surface area contributed by atoms with Crippen LogP contribution in [-0.2, 0) is 42.8 Å². The zero-order valence-corrected chi connectivity index (χ0v) is 53.1. The molecule has 1 aliphatic rings. The molecule has 8 heterocycles. The second-order valence-electron chi connectivity index (χ2n) is 26.4. The van der Waals surface area contributed by atoms with Crippen molar-refractivity contribution in [2.24, 2.45) is 0 Å². The number of aromatic nitrogens is 14. The summed E-state index contributed by atoms with van der Waals surface area (Å²) in [6, 6.07) is 1.23. The average Bonchev–Trinajstić information content (AvgIpc) is 4.12. The van der Waals surface area contributed by atoms with Crippen molar-refractivity contribution in [3.63, 3.8) is 0 Å². The SMILES string of the molecule is CC(C)(C)N1CC(=O)NC1=O.CC(C)(C)c1[nH]ncc1O.CC(C)(C)c1n[nH]c(=O)o1.CC(C)(C)c1n[nH]c(=O)s1.CC(C)(C)c1nc(=O)[nH]o1.CC(C)(C)c1nc(=O)[nH]s1.CC(C)(C)c1ncc(O)[nH]1.CC(C)(C)n1ccc(=O)[nH]1. The summed E-state index contributed by atoms with van der Waals surface area (Å²) in [4.78, 5) is 90.1. The van der Waals surface area contributed by atoms with E-state index in [4.69, 9.17) is 14.0 Å². The lowest BCUT2D eigenvalue weighted by Gasteiger charge is -2.29. The fourth-order valence-corrected chi connectivity index (χ4v) is 6.77. The van der Waals surface area contributed by atoms with Gasteiger partial charge >= 0.3 is 28.0 Å². The van der Waals surface area contributed by atoms with Crippen LogP contribution in [0.15, 0.2) is 57.6 Å². The molecule has 0 unspecified atom stereocenters. The smallest absolute Gasteiger partial charge is 0.434 e. The molecule has 1 fully saturated rings.